The van der Waals surface area contributed by atoms with Gasteiger partial charge in [0.15, 0.2) is 0 Å². The molecule has 1 saturated carbocycles. The first-order valence-electron chi connectivity index (χ1n) is 19.6. The highest BCUT2D eigenvalue weighted by molar-refractivity contribution is 5.98. The van der Waals surface area contributed by atoms with Crippen LogP contribution in [0.25, 0.3) is 6.08 Å². The van der Waals surface area contributed by atoms with Crippen LogP contribution < -0.4 is 5.32 Å². The van der Waals surface area contributed by atoms with Crippen molar-refractivity contribution in [3.05, 3.63) is 113 Å². The van der Waals surface area contributed by atoms with Crippen LogP contribution in [0.4, 0.5) is 18.0 Å². The molecule has 0 radical (unpaired) electrons. The Morgan fingerprint density at radius 1 is 0.875 bits per heavy atom. The molecule has 3 heterocycles. The van der Waals surface area contributed by atoms with Gasteiger partial charge in [0.1, 0.15) is 18.7 Å². The van der Waals surface area contributed by atoms with Gasteiger partial charge >= 0.3 is 12.3 Å². The zero-order chi connectivity index (χ0) is 39.2. The molecule has 10 nitrogen and oxygen atoms in total. The minimum atomic E-state index is -4.56. The zero-order valence-corrected chi connectivity index (χ0v) is 31.3. The van der Waals surface area contributed by atoms with Crippen molar-refractivity contribution in [1.29, 1.82) is 0 Å². The molecule has 4 atom stereocenters. The van der Waals surface area contributed by atoms with E-state index in [1.165, 1.54) is 54.0 Å². The number of hydrogen-bond acceptors (Lipinski definition) is 6. The van der Waals surface area contributed by atoms with E-state index in [4.69, 9.17) is 4.74 Å². The number of piperazine rings is 1. The average molecular weight is 772 g/mol. The molecule has 56 heavy (non-hydrogen) atoms. The van der Waals surface area contributed by atoms with E-state index < -0.39 is 53.8 Å². The van der Waals surface area contributed by atoms with Crippen molar-refractivity contribution in [2.75, 3.05) is 32.8 Å². The Kier molecular flexibility index (Phi) is 12.1. The fraction of sp³-hybridized carbons (Fsp3) is 0.442. The highest BCUT2D eigenvalue weighted by Gasteiger charge is 2.58. The van der Waals surface area contributed by atoms with E-state index in [-0.39, 0.29) is 37.5 Å². The number of rotatable bonds is 12. The number of carbonyl (C=O) groups excluding carboxylic acids is 4. The van der Waals surface area contributed by atoms with Crippen LogP contribution in [0.1, 0.15) is 73.2 Å². The predicted octanol–water partition coefficient (Wildman–Crippen LogP) is 6.43. The van der Waals surface area contributed by atoms with Crippen LogP contribution in [-0.4, -0.2) is 100 Å². The van der Waals surface area contributed by atoms with Gasteiger partial charge in [-0.1, -0.05) is 104 Å². The minimum absolute atomic E-state index is 0.0171. The highest BCUT2D eigenvalue weighted by Crippen LogP contribution is 2.39. The molecule has 0 spiro atoms. The number of nitrogens with one attached hydrogen (secondary N) is 1. The number of ether oxygens (including phenoxy) is 1. The largest absolute Gasteiger partial charge is 0.447 e. The molecule has 4 fully saturated rings. The monoisotopic (exact) mass is 771 g/mol. The van der Waals surface area contributed by atoms with E-state index in [1.54, 1.807) is 6.08 Å². The molecule has 0 bridgehead atoms. The Labute approximate surface area is 325 Å². The van der Waals surface area contributed by atoms with Crippen LogP contribution in [0.5, 0.6) is 0 Å². The number of nitrogens with zero attached hydrogens (tertiary/aromatic N) is 4. The van der Waals surface area contributed by atoms with Gasteiger partial charge in [0, 0.05) is 45.2 Å². The van der Waals surface area contributed by atoms with Crippen molar-refractivity contribution in [3.63, 3.8) is 0 Å². The number of carbonyl (C=O) groups is 4. The maximum atomic E-state index is 14.4. The van der Waals surface area contributed by atoms with Gasteiger partial charge in [0.2, 0.25) is 17.7 Å². The summed E-state index contributed by atoms with van der Waals surface area (Å²) in [6, 6.07) is 20.4. The van der Waals surface area contributed by atoms with Crippen molar-refractivity contribution in [2.45, 2.75) is 87.9 Å². The van der Waals surface area contributed by atoms with Gasteiger partial charge in [-0.05, 0) is 48.1 Å². The quantitative estimate of drug-likeness (QED) is 0.213. The van der Waals surface area contributed by atoms with Crippen molar-refractivity contribution < 1.29 is 37.1 Å². The lowest BCUT2D eigenvalue weighted by Crippen LogP contribution is -2.74. The SMILES string of the molecule is O=C(NCc1cccc(C(F)(F)F)c1)C(CCC(=O)N1CCN(C2CCCCC2)CC1)N1C(=O)C(N2C(=O)OCC2c2ccccc2)C1/C=C/c1ccccc1. The molecule has 4 unspecified atom stereocenters. The predicted molar refractivity (Wildman–Crippen MR) is 204 cm³/mol. The third-order valence-electron chi connectivity index (χ3n) is 11.6. The molecule has 3 saturated heterocycles. The van der Waals surface area contributed by atoms with Gasteiger partial charge in [-0.3, -0.25) is 24.2 Å². The fourth-order valence-electron chi connectivity index (χ4n) is 8.57. The molecule has 13 heteroatoms. The lowest BCUT2D eigenvalue weighted by Gasteiger charge is -2.52. The topological polar surface area (TPSA) is 103 Å². The lowest BCUT2D eigenvalue weighted by atomic mass is 9.87. The average Bonchev–Trinajstić information content (AvgIpc) is 3.60. The van der Waals surface area contributed by atoms with Crippen molar-refractivity contribution in [1.82, 2.24) is 24.9 Å². The highest BCUT2D eigenvalue weighted by atomic mass is 19.4. The third-order valence-corrected chi connectivity index (χ3v) is 11.6. The van der Waals surface area contributed by atoms with E-state index in [0.717, 1.165) is 36.3 Å². The third kappa shape index (κ3) is 8.77. The second-order valence-corrected chi connectivity index (χ2v) is 15.0. The first-order valence-corrected chi connectivity index (χ1v) is 19.6. The second-order valence-electron chi connectivity index (χ2n) is 15.0. The zero-order valence-electron chi connectivity index (χ0n) is 31.3. The van der Waals surface area contributed by atoms with Gasteiger partial charge in [-0.2, -0.15) is 13.2 Å². The van der Waals surface area contributed by atoms with Gasteiger partial charge < -0.3 is 19.9 Å². The van der Waals surface area contributed by atoms with Crippen LogP contribution in [0, 0.1) is 0 Å². The molecule has 3 aliphatic heterocycles. The number of halogens is 3. The Bertz CT molecular complexity index is 1880. The summed E-state index contributed by atoms with van der Waals surface area (Å²) in [5.41, 5.74) is 1.02. The summed E-state index contributed by atoms with van der Waals surface area (Å²) in [7, 11) is 0. The smallest absolute Gasteiger partial charge is 0.416 e. The number of cyclic esters (lactones) is 1. The molecule has 0 aromatic heterocycles. The molecule has 1 N–H and O–H groups in total. The first-order chi connectivity index (χ1) is 27.1. The second kappa shape index (κ2) is 17.3. The van der Waals surface area contributed by atoms with E-state index in [2.05, 4.69) is 10.2 Å². The Hall–Kier alpha value is -5.17. The maximum Gasteiger partial charge on any atom is 0.416 e. The standard InChI is InChI=1S/C43H48F3N5O5/c44-43(45,46)33-16-10-13-31(27-33)28-47-40(53)36(21-22-38(52)49-25-23-48(24-26-49)34-17-8-3-9-18-34)50-35(20-19-30-11-4-1-5-12-30)39(41(50)54)51-37(29-56-42(51)55)32-14-6-2-7-15-32/h1-2,4-7,10-16,19-20,27,34-37,39H,3,8-9,17-18,21-26,28-29H2,(H,47,53)/b20-19+. The van der Waals surface area contributed by atoms with Crippen LogP contribution in [0.3, 0.4) is 0 Å². The Morgan fingerprint density at radius 3 is 2.27 bits per heavy atom. The van der Waals surface area contributed by atoms with E-state index in [0.29, 0.717) is 19.1 Å². The summed E-state index contributed by atoms with van der Waals surface area (Å²) in [6.45, 7) is 2.54. The van der Waals surface area contributed by atoms with E-state index in [1.807, 2.05) is 71.6 Å². The normalized spacial score (nSPS) is 22.9. The van der Waals surface area contributed by atoms with Crippen LogP contribution >= 0.6 is 0 Å². The van der Waals surface area contributed by atoms with Gasteiger partial charge in [-0.25, -0.2) is 4.79 Å². The first kappa shape index (κ1) is 39.1. The summed E-state index contributed by atoms with van der Waals surface area (Å²) in [5, 5.41) is 2.75. The number of alkyl halides is 3. The molecular weight excluding hydrogens is 723 g/mol. The summed E-state index contributed by atoms with van der Waals surface area (Å²) in [6.07, 6.45) is 4.44. The van der Waals surface area contributed by atoms with Crippen molar-refractivity contribution >= 4 is 29.9 Å². The number of likely N-dealkylation sites (tertiary alicyclic amines) is 1. The summed E-state index contributed by atoms with van der Waals surface area (Å²) in [5.74, 6) is -1.22. The molecule has 4 aliphatic rings. The van der Waals surface area contributed by atoms with Gasteiger partial charge in [0.25, 0.3) is 0 Å². The number of β-lactam (4-membered cyclic amide) rings is 1. The van der Waals surface area contributed by atoms with Crippen molar-refractivity contribution in [2.24, 2.45) is 0 Å². The molecule has 7 rings (SSSR count). The number of benzene rings is 3. The van der Waals surface area contributed by atoms with Crippen LogP contribution in [0.15, 0.2) is 91.0 Å². The fourth-order valence-corrected chi connectivity index (χ4v) is 8.57. The molecule has 3 aromatic carbocycles. The number of hydrogen-bond donors (Lipinski definition) is 1. The Balaban J connectivity index is 1.14. The summed E-state index contributed by atoms with van der Waals surface area (Å²) >= 11 is 0. The molecule has 4 amide bonds. The maximum absolute atomic E-state index is 14.4. The molecular formula is C43H48F3N5O5. The summed E-state index contributed by atoms with van der Waals surface area (Å²) < 4.78 is 46.0. The minimum Gasteiger partial charge on any atom is -0.447 e. The molecule has 296 valence electrons. The number of amides is 4. The summed E-state index contributed by atoms with van der Waals surface area (Å²) in [4.78, 5) is 62.8. The van der Waals surface area contributed by atoms with E-state index >= 15 is 0 Å². The van der Waals surface area contributed by atoms with Gasteiger partial charge in [0.05, 0.1) is 17.6 Å². The van der Waals surface area contributed by atoms with E-state index in [9.17, 15) is 32.3 Å². The lowest BCUT2D eigenvalue weighted by molar-refractivity contribution is -0.163. The Morgan fingerprint density at radius 2 is 1.57 bits per heavy atom. The molecule has 3 aromatic rings. The van der Waals surface area contributed by atoms with Crippen molar-refractivity contribution in [3.8, 4) is 0 Å². The van der Waals surface area contributed by atoms with Crippen LogP contribution in [-0.2, 0) is 31.8 Å². The van der Waals surface area contributed by atoms with Crippen LogP contribution in [0.2, 0.25) is 0 Å². The van der Waals surface area contributed by atoms with Gasteiger partial charge in [-0.15, -0.1) is 0 Å². The molecule has 1 aliphatic carbocycles.